The summed E-state index contributed by atoms with van der Waals surface area (Å²) in [5, 5.41) is 5.68. The minimum absolute atomic E-state index is 0.0948. The number of rotatable bonds is 6. The number of thiazole rings is 1. The molecular formula is C25H22ClN3O3S2. The molecule has 0 atom stereocenters. The first-order valence-corrected chi connectivity index (χ1v) is 13.1. The fourth-order valence-corrected chi connectivity index (χ4v) is 5.60. The molecule has 6 nitrogen and oxygen atoms in total. The second-order valence-corrected chi connectivity index (χ2v) is 10.9. The van der Waals surface area contributed by atoms with E-state index in [0.29, 0.717) is 21.4 Å². The molecule has 0 bridgehead atoms. The van der Waals surface area contributed by atoms with Crippen molar-refractivity contribution in [3.8, 4) is 11.3 Å². The highest BCUT2D eigenvalue weighted by atomic mass is 35.5. The van der Waals surface area contributed by atoms with Crippen LogP contribution in [-0.4, -0.2) is 19.3 Å². The van der Waals surface area contributed by atoms with Crippen LogP contribution in [0.5, 0.6) is 0 Å². The van der Waals surface area contributed by atoms with Gasteiger partial charge in [-0.1, -0.05) is 29.3 Å². The molecule has 0 saturated carbocycles. The molecule has 4 rings (SSSR count). The van der Waals surface area contributed by atoms with E-state index in [9.17, 15) is 13.2 Å². The van der Waals surface area contributed by atoms with Crippen molar-refractivity contribution in [1.82, 2.24) is 4.98 Å². The number of aryl methyl sites for hydroxylation is 3. The zero-order valence-electron chi connectivity index (χ0n) is 18.7. The van der Waals surface area contributed by atoms with Gasteiger partial charge < -0.3 is 0 Å². The summed E-state index contributed by atoms with van der Waals surface area (Å²) >= 11 is 7.18. The Balaban J connectivity index is 1.45. The van der Waals surface area contributed by atoms with Crippen LogP contribution in [0.25, 0.3) is 11.3 Å². The van der Waals surface area contributed by atoms with E-state index in [1.54, 1.807) is 12.1 Å². The predicted octanol–water partition coefficient (Wildman–Crippen LogP) is 6.44. The molecule has 9 heteroatoms. The monoisotopic (exact) mass is 511 g/mol. The molecule has 0 unspecified atom stereocenters. The molecule has 4 aromatic rings. The molecule has 0 aliphatic carbocycles. The maximum absolute atomic E-state index is 12.7. The van der Waals surface area contributed by atoms with Crippen molar-refractivity contribution in [3.63, 3.8) is 0 Å². The van der Waals surface area contributed by atoms with Crippen molar-refractivity contribution in [2.24, 2.45) is 0 Å². The highest BCUT2D eigenvalue weighted by molar-refractivity contribution is 7.92. The maximum Gasteiger partial charge on any atom is 0.261 e. The van der Waals surface area contributed by atoms with Crippen LogP contribution in [0, 0.1) is 20.8 Å². The summed E-state index contributed by atoms with van der Waals surface area (Å²) in [7, 11) is -3.76. The second kappa shape index (κ2) is 9.58. The van der Waals surface area contributed by atoms with Gasteiger partial charge in [0.2, 0.25) is 0 Å². The Morgan fingerprint density at radius 2 is 1.56 bits per heavy atom. The van der Waals surface area contributed by atoms with Crippen LogP contribution in [0.1, 0.15) is 27.0 Å². The normalized spacial score (nSPS) is 11.3. The third kappa shape index (κ3) is 5.30. The molecular weight excluding hydrogens is 490 g/mol. The fraction of sp³-hybridized carbons (Fsp3) is 0.120. The molecule has 0 radical (unpaired) electrons. The van der Waals surface area contributed by atoms with Gasteiger partial charge in [0.05, 0.1) is 10.6 Å². The quantitative estimate of drug-likeness (QED) is 0.311. The van der Waals surface area contributed by atoms with Gasteiger partial charge in [0.1, 0.15) is 0 Å². The molecule has 34 heavy (non-hydrogen) atoms. The first-order chi connectivity index (χ1) is 16.1. The van der Waals surface area contributed by atoms with Crippen molar-refractivity contribution < 1.29 is 13.2 Å². The van der Waals surface area contributed by atoms with E-state index in [1.165, 1.54) is 53.3 Å². The number of amides is 1. The minimum atomic E-state index is -3.76. The molecule has 2 N–H and O–H groups in total. The molecule has 0 saturated heterocycles. The second-order valence-electron chi connectivity index (χ2n) is 7.90. The van der Waals surface area contributed by atoms with Crippen molar-refractivity contribution in [2.75, 3.05) is 10.0 Å². The number of hydrogen-bond acceptors (Lipinski definition) is 5. The Bertz CT molecular complexity index is 1440. The predicted molar refractivity (Wildman–Crippen MR) is 138 cm³/mol. The number of benzene rings is 3. The van der Waals surface area contributed by atoms with Crippen LogP contribution in [0.4, 0.5) is 10.8 Å². The smallest absolute Gasteiger partial charge is 0.261 e. The van der Waals surface area contributed by atoms with E-state index in [4.69, 9.17) is 11.6 Å². The zero-order valence-corrected chi connectivity index (χ0v) is 21.1. The highest BCUT2D eigenvalue weighted by Gasteiger charge is 2.16. The Kier molecular flexibility index (Phi) is 6.74. The number of carbonyl (C=O) groups is 1. The largest absolute Gasteiger partial charge is 0.298 e. The first-order valence-electron chi connectivity index (χ1n) is 10.4. The van der Waals surface area contributed by atoms with Crippen molar-refractivity contribution in [3.05, 3.63) is 93.3 Å². The minimum Gasteiger partial charge on any atom is -0.298 e. The molecule has 3 aromatic carbocycles. The van der Waals surface area contributed by atoms with Gasteiger partial charge in [0.25, 0.3) is 15.9 Å². The summed E-state index contributed by atoms with van der Waals surface area (Å²) in [4.78, 5) is 17.4. The number of carbonyl (C=O) groups excluding carboxylic acids is 1. The van der Waals surface area contributed by atoms with E-state index in [-0.39, 0.29) is 10.8 Å². The highest BCUT2D eigenvalue weighted by Crippen LogP contribution is 2.31. The Labute approximate surface area is 207 Å². The Hall–Kier alpha value is -3.20. The maximum atomic E-state index is 12.7. The van der Waals surface area contributed by atoms with Gasteiger partial charge in [0.15, 0.2) is 5.13 Å². The molecule has 0 fully saturated rings. The lowest BCUT2D eigenvalue weighted by Gasteiger charge is -2.09. The first kappa shape index (κ1) is 23.9. The molecule has 1 heterocycles. The van der Waals surface area contributed by atoms with Crippen LogP contribution in [-0.2, 0) is 10.0 Å². The summed E-state index contributed by atoms with van der Waals surface area (Å²) in [6, 6.07) is 16.3. The van der Waals surface area contributed by atoms with Gasteiger partial charge in [-0.25, -0.2) is 13.4 Å². The van der Waals surface area contributed by atoms with Gasteiger partial charge >= 0.3 is 0 Å². The molecule has 1 aromatic heterocycles. The summed E-state index contributed by atoms with van der Waals surface area (Å²) in [5.41, 5.74) is 6.08. The van der Waals surface area contributed by atoms with Gasteiger partial charge in [-0.05, 0) is 80.4 Å². The van der Waals surface area contributed by atoms with E-state index in [1.807, 2.05) is 5.38 Å². The van der Waals surface area contributed by atoms with E-state index >= 15 is 0 Å². The fourth-order valence-electron chi connectivity index (χ4n) is 3.72. The summed E-state index contributed by atoms with van der Waals surface area (Å²) in [6.45, 7) is 6.16. The van der Waals surface area contributed by atoms with Crippen molar-refractivity contribution >= 4 is 49.7 Å². The third-order valence-electron chi connectivity index (χ3n) is 5.18. The third-order valence-corrected chi connectivity index (χ3v) is 7.59. The van der Waals surface area contributed by atoms with Gasteiger partial charge in [0, 0.05) is 27.2 Å². The van der Waals surface area contributed by atoms with Crippen LogP contribution < -0.4 is 10.0 Å². The zero-order chi connectivity index (χ0) is 24.5. The summed E-state index contributed by atoms with van der Waals surface area (Å²) in [5.74, 6) is -0.328. The average molecular weight is 512 g/mol. The Morgan fingerprint density at radius 3 is 2.18 bits per heavy atom. The molecule has 0 aliphatic heterocycles. The van der Waals surface area contributed by atoms with E-state index in [2.05, 4.69) is 47.9 Å². The van der Waals surface area contributed by atoms with Crippen molar-refractivity contribution in [1.29, 1.82) is 0 Å². The number of nitrogens with zero attached hydrogens (tertiary/aromatic N) is 1. The SMILES string of the molecule is Cc1cc(C)c(-c2csc(NC(=O)c3ccc(NS(=O)(=O)c4ccc(Cl)cc4)cc3)n2)c(C)c1. The average Bonchev–Trinajstić information content (AvgIpc) is 3.21. The number of anilines is 2. The standard InChI is InChI=1S/C25H22ClN3O3S2/c1-15-12-16(2)23(17(3)13-15)22-14-33-25(27-22)28-24(30)18-4-8-20(9-5-18)29-34(31,32)21-10-6-19(26)7-11-21/h4-14,29H,1-3H3,(H,27,28,30). The molecule has 1 amide bonds. The van der Waals surface area contributed by atoms with E-state index in [0.717, 1.165) is 22.4 Å². The molecule has 174 valence electrons. The summed E-state index contributed by atoms with van der Waals surface area (Å²) in [6.07, 6.45) is 0. The van der Waals surface area contributed by atoms with E-state index < -0.39 is 10.0 Å². The lowest BCUT2D eigenvalue weighted by Crippen LogP contribution is -2.14. The lowest BCUT2D eigenvalue weighted by molar-refractivity contribution is 0.102. The van der Waals surface area contributed by atoms with Gasteiger partial charge in [-0.3, -0.25) is 14.8 Å². The lowest BCUT2D eigenvalue weighted by atomic mass is 9.98. The van der Waals surface area contributed by atoms with Crippen LogP contribution in [0.15, 0.2) is 70.9 Å². The summed E-state index contributed by atoms with van der Waals surface area (Å²) < 4.78 is 27.5. The van der Waals surface area contributed by atoms with Gasteiger partial charge in [-0.15, -0.1) is 11.3 Å². The number of nitrogens with one attached hydrogen (secondary N) is 2. The van der Waals surface area contributed by atoms with Gasteiger partial charge in [-0.2, -0.15) is 0 Å². The van der Waals surface area contributed by atoms with Crippen LogP contribution in [0.2, 0.25) is 5.02 Å². The number of aromatic nitrogens is 1. The van der Waals surface area contributed by atoms with Crippen molar-refractivity contribution in [2.45, 2.75) is 25.7 Å². The molecule has 0 spiro atoms. The number of halogens is 1. The Morgan fingerprint density at radius 1 is 0.941 bits per heavy atom. The molecule has 0 aliphatic rings. The topological polar surface area (TPSA) is 88.2 Å². The number of sulfonamides is 1. The number of hydrogen-bond donors (Lipinski definition) is 2. The van der Waals surface area contributed by atoms with Crippen LogP contribution in [0.3, 0.4) is 0 Å². The van der Waals surface area contributed by atoms with Crippen LogP contribution >= 0.6 is 22.9 Å².